The third-order valence-electron chi connectivity index (χ3n) is 6.31. The van der Waals surface area contributed by atoms with Crippen molar-refractivity contribution < 1.29 is 22.0 Å². The predicted octanol–water partition coefficient (Wildman–Crippen LogP) is 3.07. The standard InChI is InChI=1S/C23H28F2N4O3S/c24-20-6-5-19(14-21(20)25)33(31,32)29-12-8-18(9-13-29)23(30)27-16-17-4-7-22(26-15-17)28-10-2-1-3-11-28/h4-7,14-15,18H,1-3,8-13,16H2,(H,27,30). The van der Waals surface area contributed by atoms with Crippen molar-refractivity contribution in [2.75, 3.05) is 31.1 Å². The number of pyridine rings is 1. The summed E-state index contributed by atoms with van der Waals surface area (Å²) in [6.07, 6.45) is 6.13. The Morgan fingerprint density at radius 1 is 1.00 bits per heavy atom. The molecule has 3 heterocycles. The van der Waals surface area contributed by atoms with Crippen LogP contribution < -0.4 is 10.2 Å². The smallest absolute Gasteiger partial charge is 0.243 e. The molecule has 2 aliphatic heterocycles. The van der Waals surface area contributed by atoms with Crippen LogP contribution in [-0.2, 0) is 21.4 Å². The minimum atomic E-state index is -3.94. The van der Waals surface area contributed by atoms with Gasteiger partial charge in [-0.15, -0.1) is 0 Å². The highest BCUT2D eigenvalue weighted by atomic mass is 32.2. The van der Waals surface area contributed by atoms with Gasteiger partial charge in [0.15, 0.2) is 11.6 Å². The second-order valence-electron chi connectivity index (χ2n) is 8.54. The van der Waals surface area contributed by atoms with Gasteiger partial charge in [-0.3, -0.25) is 4.79 Å². The van der Waals surface area contributed by atoms with Gasteiger partial charge in [0.05, 0.1) is 4.90 Å². The SMILES string of the molecule is O=C(NCc1ccc(N2CCCCC2)nc1)C1CCN(S(=O)(=O)c2ccc(F)c(F)c2)CC1. The van der Waals surface area contributed by atoms with E-state index < -0.39 is 21.7 Å². The van der Waals surface area contributed by atoms with Gasteiger partial charge in [-0.2, -0.15) is 4.31 Å². The molecule has 2 aliphatic rings. The summed E-state index contributed by atoms with van der Waals surface area (Å²) < 4.78 is 53.2. The summed E-state index contributed by atoms with van der Waals surface area (Å²) >= 11 is 0. The topological polar surface area (TPSA) is 82.6 Å². The Kier molecular flexibility index (Phi) is 7.23. The van der Waals surface area contributed by atoms with Crippen LogP contribution in [0.15, 0.2) is 41.4 Å². The highest BCUT2D eigenvalue weighted by Gasteiger charge is 2.32. The van der Waals surface area contributed by atoms with Crippen LogP contribution in [0.5, 0.6) is 0 Å². The van der Waals surface area contributed by atoms with E-state index in [0.29, 0.717) is 25.5 Å². The van der Waals surface area contributed by atoms with Crippen molar-refractivity contribution in [1.29, 1.82) is 0 Å². The first-order chi connectivity index (χ1) is 15.8. The van der Waals surface area contributed by atoms with Crippen LogP contribution >= 0.6 is 0 Å². The van der Waals surface area contributed by atoms with Crippen LogP contribution in [0, 0.1) is 17.6 Å². The Hall–Kier alpha value is -2.59. The number of amides is 1. The molecule has 0 atom stereocenters. The Balaban J connectivity index is 1.27. The number of sulfonamides is 1. The molecule has 2 aromatic rings. The number of hydrogen-bond donors (Lipinski definition) is 1. The number of anilines is 1. The van der Waals surface area contributed by atoms with Crippen LogP contribution in [0.1, 0.15) is 37.7 Å². The molecule has 0 bridgehead atoms. The fourth-order valence-electron chi connectivity index (χ4n) is 4.31. The van der Waals surface area contributed by atoms with Gasteiger partial charge in [-0.05, 0) is 61.9 Å². The van der Waals surface area contributed by atoms with Crippen LogP contribution in [0.25, 0.3) is 0 Å². The summed E-state index contributed by atoms with van der Waals surface area (Å²) in [6.45, 7) is 2.69. The van der Waals surface area contributed by atoms with Gasteiger partial charge >= 0.3 is 0 Å². The zero-order valence-electron chi connectivity index (χ0n) is 18.3. The quantitative estimate of drug-likeness (QED) is 0.690. The second-order valence-corrected chi connectivity index (χ2v) is 10.5. The summed E-state index contributed by atoms with van der Waals surface area (Å²) in [5.41, 5.74) is 0.905. The Morgan fingerprint density at radius 2 is 1.73 bits per heavy atom. The lowest BCUT2D eigenvalue weighted by atomic mass is 9.97. The molecule has 33 heavy (non-hydrogen) atoms. The Labute approximate surface area is 192 Å². The Morgan fingerprint density at radius 3 is 2.36 bits per heavy atom. The summed E-state index contributed by atoms with van der Waals surface area (Å²) in [7, 11) is -3.94. The maximum Gasteiger partial charge on any atom is 0.243 e. The van der Waals surface area contributed by atoms with Crippen molar-refractivity contribution in [1.82, 2.24) is 14.6 Å². The van der Waals surface area contributed by atoms with Crippen molar-refractivity contribution in [2.45, 2.75) is 43.5 Å². The summed E-state index contributed by atoms with van der Waals surface area (Å²) in [5, 5.41) is 2.91. The van der Waals surface area contributed by atoms with Crippen LogP contribution in [0.3, 0.4) is 0 Å². The molecule has 2 fully saturated rings. The monoisotopic (exact) mass is 478 g/mol. The van der Waals surface area contributed by atoms with E-state index >= 15 is 0 Å². The van der Waals surface area contributed by atoms with Gasteiger partial charge in [-0.25, -0.2) is 22.2 Å². The predicted molar refractivity (Wildman–Crippen MR) is 120 cm³/mol. The molecule has 2 saturated heterocycles. The van der Waals surface area contributed by atoms with E-state index in [4.69, 9.17) is 0 Å². The van der Waals surface area contributed by atoms with E-state index in [9.17, 15) is 22.0 Å². The van der Waals surface area contributed by atoms with Crippen molar-refractivity contribution in [2.24, 2.45) is 5.92 Å². The maximum absolute atomic E-state index is 13.5. The molecule has 7 nitrogen and oxygen atoms in total. The molecule has 10 heteroatoms. The van der Waals surface area contributed by atoms with E-state index in [-0.39, 0.29) is 29.8 Å². The fourth-order valence-corrected chi connectivity index (χ4v) is 5.79. The number of rotatable bonds is 6. The lowest BCUT2D eigenvalue weighted by molar-refractivity contribution is -0.126. The van der Waals surface area contributed by atoms with E-state index in [1.54, 1.807) is 6.20 Å². The number of carbonyl (C=O) groups is 1. The summed E-state index contributed by atoms with van der Waals surface area (Å²) in [6, 6.07) is 6.49. The van der Waals surface area contributed by atoms with Crippen LogP contribution in [0.4, 0.5) is 14.6 Å². The number of carbonyl (C=O) groups excluding carboxylic acids is 1. The molecule has 0 radical (unpaired) electrons. The van der Waals surface area contributed by atoms with E-state index in [1.165, 1.54) is 23.6 Å². The first kappa shape index (κ1) is 23.6. The average molecular weight is 479 g/mol. The van der Waals surface area contributed by atoms with Gasteiger partial charge in [0.1, 0.15) is 5.82 Å². The molecule has 1 N–H and O–H groups in total. The number of aromatic nitrogens is 1. The van der Waals surface area contributed by atoms with Crippen LogP contribution in [0.2, 0.25) is 0 Å². The minimum Gasteiger partial charge on any atom is -0.357 e. The number of piperidine rings is 2. The maximum atomic E-state index is 13.5. The van der Waals surface area contributed by atoms with Crippen molar-refractivity contribution in [3.05, 3.63) is 53.7 Å². The van der Waals surface area contributed by atoms with E-state index in [1.807, 2.05) is 12.1 Å². The zero-order chi connectivity index (χ0) is 23.4. The molecular formula is C23H28F2N4O3S. The van der Waals surface area contributed by atoms with Crippen molar-refractivity contribution >= 4 is 21.7 Å². The van der Waals surface area contributed by atoms with E-state index in [2.05, 4.69) is 15.2 Å². The van der Waals surface area contributed by atoms with Gasteiger partial charge in [0.25, 0.3) is 0 Å². The van der Waals surface area contributed by atoms with Crippen LogP contribution in [-0.4, -0.2) is 49.8 Å². The molecular weight excluding hydrogens is 450 g/mol. The normalized spacial score (nSPS) is 18.3. The molecule has 0 unspecified atom stereocenters. The third kappa shape index (κ3) is 5.50. The lowest BCUT2D eigenvalue weighted by Crippen LogP contribution is -2.42. The fraction of sp³-hybridized carbons (Fsp3) is 0.478. The van der Waals surface area contributed by atoms with Gasteiger partial charge in [0, 0.05) is 44.8 Å². The largest absolute Gasteiger partial charge is 0.357 e. The highest BCUT2D eigenvalue weighted by molar-refractivity contribution is 7.89. The van der Waals surface area contributed by atoms with Crippen molar-refractivity contribution in [3.63, 3.8) is 0 Å². The number of benzene rings is 1. The summed E-state index contributed by atoms with van der Waals surface area (Å²) in [5.74, 6) is -1.77. The number of halogens is 2. The minimum absolute atomic E-state index is 0.125. The first-order valence-corrected chi connectivity index (χ1v) is 12.7. The lowest BCUT2D eigenvalue weighted by Gasteiger charge is -2.30. The number of nitrogens with one attached hydrogen (secondary N) is 1. The molecule has 1 aromatic heterocycles. The van der Waals surface area contributed by atoms with Crippen molar-refractivity contribution in [3.8, 4) is 0 Å². The molecule has 1 aromatic carbocycles. The molecule has 0 spiro atoms. The molecule has 0 saturated carbocycles. The second kappa shape index (κ2) is 10.1. The molecule has 4 rings (SSSR count). The summed E-state index contributed by atoms with van der Waals surface area (Å²) in [4.78, 5) is 19.1. The molecule has 0 aliphatic carbocycles. The van der Waals surface area contributed by atoms with Gasteiger partial charge < -0.3 is 10.2 Å². The molecule has 178 valence electrons. The highest BCUT2D eigenvalue weighted by Crippen LogP contribution is 2.25. The number of hydrogen-bond acceptors (Lipinski definition) is 5. The van der Waals surface area contributed by atoms with Gasteiger partial charge in [0.2, 0.25) is 15.9 Å². The third-order valence-corrected chi connectivity index (χ3v) is 8.20. The van der Waals surface area contributed by atoms with E-state index in [0.717, 1.165) is 36.6 Å². The van der Waals surface area contributed by atoms with Gasteiger partial charge in [-0.1, -0.05) is 6.07 Å². The zero-order valence-corrected chi connectivity index (χ0v) is 19.2. The Bertz CT molecular complexity index is 1080. The molecule has 1 amide bonds. The number of nitrogens with zero attached hydrogens (tertiary/aromatic N) is 3. The average Bonchev–Trinajstić information content (AvgIpc) is 2.85. The first-order valence-electron chi connectivity index (χ1n) is 11.3.